The minimum atomic E-state index is -1.06. The topological polar surface area (TPSA) is 249 Å². The number of fused-ring (bicyclic) bond motifs is 4. The maximum atomic E-state index is 13.2. The number of carbonyl (C=O) groups excluding carboxylic acids is 3. The highest BCUT2D eigenvalue weighted by atomic mass is 32.1. The third kappa shape index (κ3) is 9.52. The van der Waals surface area contributed by atoms with Gasteiger partial charge in [0.2, 0.25) is 0 Å². The lowest BCUT2D eigenvalue weighted by atomic mass is 10.0. The molecule has 6 heterocycles. The molecule has 10 rings (SSSR count). The lowest BCUT2D eigenvalue weighted by Gasteiger charge is -2.14. The maximum absolute atomic E-state index is 13.2. The van der Waals surface area contributed by atoms with Crippen LogP contribution in [0.1, 0.15) is 41.7 Å². The second-order valence-electron chi connectivity index (χ2n) is 16.8. The number of aromatic nitrogens is 4. The summed E-state index contributed by atoms with van der Waals surface area (Å²) in [5, 5.41) is 25.2. The first kappa shape index (κ1) is 50.1. The Hall–Kier alpha value is -8.82. The number of para-hydroxylation sites is 2. The van der Waals surface area contributed by atoms with Crippen LogP contribution in [0.15, 0.2) is 120 Å². The molecule has 0 fully saturated rings. The molecule has 0 saturated carbocycles. The van der Waals surface area contributed by atoms with Gasteiger partial charge < -0.3 is 60.6 Å². The predicted octanol–water partition coefficient (Wildman–Crippen LogP) is 9.64. The Morgan fingerprint density at radius 3 is 1.50 bits per heavy atom. The Kier molecular flexibility index (Phi) is 14.3. The highest BCUT2D eigenvalue weighted by Crippen LogP contribution is 2.43. The summed E-state index contributed by atoms with van der Waals surface area (Å²) in [6.07, 6.45) is 2.17. The molecule has 376 valence electrons. The largest absolute Gasteiger partial charge is 0.495 e. The number of aromatic carboxylic acids is 1. The number of nitrogens with two attached hydrogens (primary N) is 2. The van der Waals surface area contributed by atoms with Gasteiger partial charge in [-0.3, -0.25) is 14.4 Å². The summed E-state index contributed by atoms with van der Waals surface area (Å²) < 4.78 is 26.5. The van der Waals surface area contributed by atoms with Crippen molar-refractivity contribution in [2.45, 2.75) is 6.29 Å². The average molecular weight is 1030 g/mol. The number of ether oxygens (including phenoxy) is 4. The van der Waals surface area contributed by atoms with Gasteiger partial charge in [-0.25, -0.2) is 14.8 Å². The molecule has 3 amide bonds. The number of carboxylic acid groups (broad SMARTS) is 1. The predicted molar refractivity (Wildman–Crippen MR) is 291 cm³/mol. The van der Waals surface area contributed by atoms with Gasteiger partial charge in [-0.05, 0) is 70.4 Å². The van der Waals surface area contributed by atoms with Crippen LogP contribution in [-0.2, 0) is 23.6 Å². The molecule has 0 radical (unpaired) electrons. The van der Waals surface area contributed by atoms with Crippen LogP contribution in [0.4, 0.5) is 23.0 Å². The van der Waals surface area contributed by atoms with Crippen LogP contribution in [0.3, 0.4) is 0 Å². The number of carboxylic acids is 1. The molecule has 4 aromatic carbocycles. The lowest BCUT2D eigenvalue weighted by Crippen LogP contribution is -2.34. The van der Waals surface area contributed by atoms with Crippen molar-refractivity contribution in [1.29, 1.82) is 0 Å². The first-order valence-electron chi connectivity index (χ1n) is 22.7. The van der Waals surface area contributed by atoms with Crippen molar-refractivity contribution in [2.24, 2.45) is 14.1 Å². The van der Waals surface area contributed by atoms with Crippen molar-refractivity contribution >= 4 is 111 Å². The van der Waals surface area contributed by atoms with E-state index in [0.717, 1.165) is 44.1 Å². The van der Waals surface area contributed by atoms with E-state index in [0.29, 0.717) is 65.8 Å². The molecule has 0 unspecified atom stereocenters. The second kappa shape index (κ2) is 21.1. The summed E-state index contributed by atoms with van der Waals surface area (Å²) in [5.74, 6) is -0.377. The number of nitrogens with one attached hydrogen (secondary N) is 3. The lowest BCUT2D eigenvalue weighted by molar-refractivity contribution is -0.0974. The fraction of sp³-hybridized carbons (Fsp3) is 0.148. The number of anilines is 4. The van der Waals surface area contributed by atoms with Crippen LogP contribution in [0.2, 0.25) is 0 Å². The summed E-state index contributed by atoms with van der Waals surface area (Å²) in [7, 11) is 9.79. The number of nitrogen functional groups attached to an aromatic ring is 2. The first-order chi connectivity index (χ1) is 35.7. The van der Waals surface area contributed by atoms with E-state index < -0.39 is 12.3 Å². The highest BCUT2D eigenvalue weighted by Gasteiger charge is 2.23. The quantitative estimate of drug-likeness (QED) is 0.0556. The van der Waals surface area contributed by atoms with Crippen molar-refractivity contribution in [3.8, 4) is 33.8 Å². The number of hydrogen-bond acceptors (Lipinski definition) is 14. The molecular weight excluding hydrogens is 983 g/mol. The van der Waals surface area contributed by atoms with Crippen molar-refractivity contribution in [2.75, 3.05) is 57.1 Å². The molecule has 74 heavy (non-hydrogen) atoms. The number of benzene rings is 4. The number of thiophene rings is 2. The van der Waals surface area contributed by atoms with Gasteiger partial charge in [-0.1, -0.05) is 48.5 Å². The van der Waals surface area contributed by atoms with Crippen LogP contribution in [0.5, 0.6) is 11.5 Å². The zero-order valence-corrected chi connectivity index (χ0v) is 42.4. The monoisotopic (exact) mass is 1030 g/mol. The molecule has 6 aromatic heterocycles. The van der Waals surface area contributed by atoms with E-state index in [2.05, 4.69) is 25.9 Å². The number of carbonyl (C=O) groups is 4. The van der Waals surface area contributed by atoms with Crippen LogP contribution in [0.25, 0.3) is 64.2 Å². The smallest absolute Gasteiger partial charge is 0.338 e. The Labute approximate surface area is 431 Å². The number of pyridine rings is 2. The van der Waals surface area contributed by atoms with Gasteiger partial charge in [0.25, 0.3) is 17.7 Å². The number of hydrogen-bond donors (Lipinski definition) is 6. The molecule has 0 aliphatic carbocycles. The molecule has 20 heteroatoms. The summed E-state index contributed by atoms with van der Waals surface area (Å²) in [5.41, 5.74) is 20.0. The minimum Gasteiger partial charge on any atom is -0.495 e. The molecule has 0 saturated heterocycles. The number of aryl methyl sites for hydroxylation is 2. The van der Waals surface area contributed by atoms with E-state index in [9.17, 15) is 24.3 Å². The SMILES string of the molecule is COc1cc(-c2csc3c(C(=O)NCC(OC)OC)cnc(N)c23)ccc1NC(=O)c1cc2ccccc2n1C.COc1cc(-c2csc3c(C(=O)O)cnc(N)c23)ccc1NC(=O)c1cc2ccccc2n1C. The zero-order valence-electron chi connectivity index (χ0n) is 40.8. The van der Waals surface area contributed by atoms with E-state index in [1.54, 1.807) is 25.3 Å². The minimum absolute atomic E-state index is 0.103. The second-order valence-corrected chi connectivity index (χ2v) is 18.5. The van der Waals surface area contributed by atoms with Gasteiger partial charge in [-0.15, -0.1) is 22.7 Å². The molecule has 10 aromatic rings. The Morgan fingerprint density at radius 1 is 0.622 bits per heavy atom. The summed E-state index contributed by atoms with van der Waals surface area (Å²) in [4.78, 5) is 59.1. The van der Waals surface area contributed by atoms with Crippen LogP contribution in [-0.4, -0.2) is 89.2 Å². The molecule has 0 spiro atoms. The summed E-state index contributed by atoms with van der Waals surface area (Å²) in [6.45, 7) is 0.180. The molecule has 8 N–H and O–H groups in total. The van der Waals surface area contributed by atoms with Crippen LogP contribution < -0.4 is 36.9 Å². The van der Waals surface area contributed by atoms with Gasteiger partial charge in [0.1, 0.15) is 34.5 Å². The summed E-state index contributed by atoms with van der Waals surface area (Å²) >= 11 is 2.69. The van der Waals surface area contributed by atoms with Gasteiger partial charge in [0, 0.05) is 84.4 Å². The van der Waals surface area contributed by atoms with E-state index in [1.807, 2.05) is 113 Å². The maximum Gasteiger partial charge on any atom is 0.338 e. The van der Waals surface area contributed by atoms with Crippen molar-refractivity contribution in [3.63, 3.8) is 0 Å². The van der Waals surface area contributed by atoms with Crippen molar-refractivity contribution in [1.82, 2.24) is 24.4 Å². The molecule has 0 bridgehead atoms. The molecule has 0 aliphatic rings. The van der Waals surface area contributed by atoms with E-state index >= 15 is 0 Å². The van der Waals surface area contributed by atoms with E-state index in [1.165, 1.54) is 56.4 Å². The van der Waals surface area contributed by atoms with Gasteiger partial charge in [0.15, 0.2) is 6.29 Å². The summed E-state index contributed by atoms with van der Waals surface area (Å²) in [6, 6.07) is 30.2. The third-order valence-electron chi connectivity index (χ3n) is 12.6. The Morgan fingerprint density at radius 2 is 1.07 bits per heavy atom. The van der Waals surface area contributed by atoms with Gasteiger partial charge in [0.05, 0.1) is 52.7 Å². The van der Waals surface area contributed by atoms with E-state index in [-0.39, 0.29) is 35.6 Å². The third-order valence-corrected chi connectivity index (χ3v) is 14.6. The molecule has 0 aliphatic heterocycles. The standard InChI is InChI=1S/C29H29N5O5S.C25H20N4O4S/c1-34-21-8-6-5-7-17(21)11-22(34)29(36)33-20-10-9-16(12-23(20)37-2)19-15-40-26-18(13-31-27(30)25(19)26)28(35)32-14-24(38-3)39-4;1-29-18-6-4-3-5-14(18)9-19(29)24(30)28-17-8-7-13(10-20(17)33-2)16-12-34-22-15(25(31)32)11-27-23(26)21(16)22/h5-13,15,24H,14H2,1-4H3,(H2,30,31)(H,32,35)(H,33,36);3-12H,1-2H3,(H2,26,27)(H,28,30)(H,31,32). The van der Waals surface area contributed by atoms with Gasteiger partial charge in [-0.2, -0.15) is 0 Å². The van der Waals surface area contributed by atoms with Gasteiger partial charge >= 0.3 is 5.97 Å². The number of methoxy groups -OCH3 is 4. The average Bonchev–Trinajstić information content (AvgIpc) is 4.22. The molecular formula is C54H49N9O9S2. The number of rotatable bonds is 14. The fourth-order valence-electron chi connectivity index (χ4n) is 8.72. The van der Waals surface area contributed by atoms with Crippen LogP contribution >= 0.6 is 22.7 Å². The van der Waals surface area contributed by atoms with Crippen LogP contribution in [0, 0.1) is 0 Å². The van der Waals surface area contributed by atoms with Crippen molar-refractivity contribution in [3.05, 3.63) is 143 Å². The first-order valence-corrected chi connectivity index (χ1v) is 24.5. The fourth-order valence-corrected chi connectivity index (χ4v) is 10.9. The van der Waals surface area contributed by atoms with E-state index in [4.69, 9.17) is 30.4 Å². The zero-order chi connectivity index (χ0) is 52.4. The highest BCUT2D eigenvalue weighted by molar-refractivity contribution is 7.18. The Balaban J connectivity index is 0.000000184. The Bertz CT molecular complexity index is 3820. The van der Waals surface area contributed by atoms with Crippen molar-refractivity contribution < 1.29 is 43.2 Å². The number of nitrogens with zero attached hydrogens (tertiary/aromatic N) is 4. The normalized spacial score (nSPS) is 11.2. The number of amides is 3. The molecule has 0 atom stereocenters. The molecule has 18 nitrogen and oxygen atoms in total.